The first-order valence-corrected chi connectivity index (χ1v) is 7.15. The maximum Gasteiger partial charge on any atom is 0.113 e. The zero-order chi connectivity index (χ0) is 14.1. The van der Waals surface area contributed by atoms with Gasteiger partial charge in [-0.3, -0.25) is 0 Å². The summed E-state index contributed by atoms with van der Waals surface area (Å²) in [4.78, 5) is 0. The topological polar surface area (TPSA) is 30.7 Å². The molecule has 3 rings (SSSR count). The fourth-order valence-corrected chi connectivity index (χ4v) is 2.65. The van der Waals surface area contributed by atoms with Gasteiger partial charge < -0.3 is 0 Å². The average molecular weight is 286 g/mol. The fraction of sp³-hybridized carbons (Fsp3) is 0.250. The summed E-state index contributed by atoms with van der Waals surface area (Å²) < 4.78 is 1.76. The standard InChI is InChI=1S/C16H16ClN3/c1-3-11-5-4-6-12(9-11)16(17)13-7-8-15-14(10-13)18-19-20(15)2/h4-10,16H,3H2,1-2H3. The molecule has 0 saturated heterocycles. The number of alkyl halides is 1. The zero-order valence-corrected chi connectivity index (χ0v) is 12.3. The van der Waals surface area contributed by atoms with Crippen LogP contribution in [0.3, 0.4) is 0 Å². The Morgan fingerprint density at radius 2 is 1.95 bits per heavy atom. The number of hydrogen-bond acceptors (Lipinski definition) is 2. The van der Waals surface area contributed by atoms with E-state index in [-0.39, 0.29) is 5.38 Å². The molecule has 3 aromatic rings. The highest BCUT2D eigenvalue weighted by atomic mass is 35.5. The molecular weight excluding hydrogens is 270 g/mol. The highest BCUT2D eigenvalue weighted by molar-refractivity contribution is 6.22. The summed E-state index contributed by atoms with van der Waals surface area (Å²) in [6, 6.07) is 14.5. The first-order chi connectivity index (χ1) is 9.69. The van der Waals surface area contributed by atoms with Gasteiger partial charge in [-0.2, -0.15) is 0 Å². The number of rotatable bonds is 3. The molecular formula is C16H16ClN3. The molecule has 0 saturated carbocycles. The van der Waals surface area contributed by atoms with Gasteiger partial charge in [0, 0.05) is 7.05 Å². The summed E-state index contributed by atoms with van der Waals surface area (Å²) in [6.45, 7) is 2.15. The third kappa shape index (κ3) is 2.29. The molecule has 0 N–H and O–H groups in total. The lowest BCUT2D eigenvalue weighted by Crippen LogP contribution is -1.95. The van der Waals surface area contributed by atoms with Crippen LogP contribution in [0.25, 0.3) is 11.0 Å². The Balaban J connectivity index is 2.00. The molecule has 20 heavy (non-hydrogen) atoms. The molecule has 1 atom stereocenters. The summed E-state index contributed by atoms with van der Waals surface area (Å²) in [5.41, 5.74) is 5.36. The lowest BCUT2D eigenvalue weighted by molar-refractivity contribution is 0.736. The van der Waals surface area contributed by atoms with Gasteiger partial charge in [-0.15, -0.1) is 16.7 Å². The fourth-order valence-electron chi connectivity index (χ4n) is 2.38. The number of halogens is 1. The number of nitrogens with zero attached hydrogens (tertiary/aromatic N) is 3. The molecule has 0 amide bonds. The van der Waals surface area contributed by atoms with Crippen LogP contribution in [0.4, 0.5) is 0 Å². The van der Waals surface area contributed by atoms with Gasteiger partial charge in [-0.05, 0) is 35.2 Å². The van der Waals surface area contributed by atoms with Gasteiger partial charge in [0.2, 0.25) is 0 Å². The molecule has 3 nitrogen and oxygen atoms in total. The molecule has 1 heterocycles. The van der Waals surface area contributed by atoms with Gasteiger partial charge in [-0.1, -0.05) is 42.5 Å². The molecule has 4 heteroatoms. The maximum atomic E-state index is 6.61. The van der Waals surface area contributed by atoms with Crippen LogP contribution >= 0.6 is 11.6 Å². The minimum absolute atomic E-state index is 0.159. The molecule has 1 unspecified atom stereocenters. The summed E-state index contributed by atoms with van der Waals surface area (Å²) in [6.07, 6.45) is 1.01. The van der Waals surface area contributed by atoms with Crippen molar-refractivity contribution in [3.8, 4) is 0 Å². The Labute approximate surface area is 123 Å². The van der Waals surface area contributed by atoms with E-state index in [0.29, 0.717) is 0 Å². The second-order valence-electron chi connectivity index (χ2n) is 4.92. The lowest BCUT2D eigenvalue weighted by Gasteiger charge is -2.11. The van der Waals surface area contributed by atoms with E-state index in [1.807, 2.05) is 25.2 Å². The molecule has 0 bridgehead atoms. The molecule has 0 spiro atoms. The molecule has 0 aliphatic rings. The van der Waals surface area contributed by atoms with Gasteiger partial charge in [0.1, 0.15) is 5.52 Å². The number of fused-ring (bicyclic) bond motifs is 1. The smallest absolute Gasteiger partial charge is 0.113 e. The number of hydrogen-bond donors (Lipinski definition) is 0. The van der Waals surface area contributed by atoms with E-state index in [1.165, 1.54) is 5.56 Å². The van der Waals surface area contributed by atoms with Crippen LogP contribution in [0.15, 0.2) is 42.5 Å². The van der Waals surface area contributed by atoms with Gasteiger partial charge in [0.15, 0.2) is 0 Å². The van der Waals surface area contributed by atoms with Gasteiger partial charge in [0.05, 0.1) is 10.9 Å². The van der Waals surface area contributed by atoms with Crippen molar-refractivity contribution in [1.82, 2.24) is 15.0 Å². The molecule has 102 valence electrons. The Morgan fingerprint density at radius 1 is 1.15 bits per heavy atom. The van der Waals surface area contributed by atoms with Crippen LogP contribution in [0.5, 0.6) is 0 Å². The van der Waals surface area contributed by atoms with Crippen molar-refractivity contribution in [2.75, 3.05) is 0 Å². The van der Waals surface area contributed by atoms with Crippen molar-refractivity contribution < 1.29 is 0 Å². The monoisotopic (exact) mass is 285 g/mol. The molecule has 0 aliphatic heterocycles. The predicted molar refractivity (Wildman–Crippen MR) is 82.0 cm³/mol. The van der Waals surface area contributed by atoms with Crippen LogP contribution in [-0.4, -0.2) is 15.0 Å². The number of aromatic nitrogens is 3. The van der Waals surface area contributed by atoms with Crippen molar-refractivity contribution in [3.63, 3.8) is 0 Å². The first kappa shape index (κ1) is 13.1. The third-order valence-electron chi connectivity index (χ3n) is 3.58. The van der Waals surface area contributed by atoms with E-state index in [4.69, 9.17) is 11.6 Å². The van der Waals surface area contributed by atoms with E-state index < -0.39 is 0 Å². The van der Waals surface area contributed by atoms with Gasteiger partial charge >= 0.3 is 0 Å². The lowest BCUT2D eigenvalue weighted by atomic mass is 10.0. The van der Waals surface area contributed by atoms with Crippen LogP contribution < -0.4 is 0 Å². The molecule has 2 aromatic carbocycles. The predicted octanol–water partition coefficient (Wildman–Crippen LogP) is 3.86. The summed E-state index contributed by atoms with van der Waals surface area (Å²) >= 11 is 6.61. The quantitative estimate of drug-likeness (QED) is 0.684. The second-order valence-corrected chi connectivity index (χ2v) is 5.36. The molecule has 0 aliphatic carbocycles. The molecule has 0 fully saturated rings. The Kier molecular flexibility index (Phi) is 3.45. The number of benzene rings is 2. The minimum atomic E-state index is -0.159. The maximum absolute atomic E-state index is 6.61. The normalized spacial score (nSPS) is 12.8. The molecule has 1 aromatic heterocycles. The van der Waals surface area contributed by atoms with Crippen molar-refractivity contribution in [2.24, 2.45) is 7.05 Å². The average Bonchev–Trinajstić information content (AvgIpc) is 2.87. The van der Waals surface area contributed by atoms with Gasteiger partial charge in [0.25, 0.3) is 0 Å². The summed E-state index contributed by atoms with van der Waals surface area (Å²) in [7, 11) is 1.89. The first-order valence-electron chi connectivity index (χ1n) is 6.71. The number of aryl methyl sites for hydroxylation is 2. The van der Waals surface area contributed by atoms with Crippen molar-refractivity contribution in [3.05, 3.63) is 59.2 Å². The minimum Gasteiger partial charge on any atom is -0.248 e. The second kappa shape index (κ2) is 5.25. The van der Waals surface area contributed by atoms with Crippen molar-refractivity contribution in [1.29, 1.82) is 0 Å². The van der Waals surface area contributed by atoms with E-state index in [0.717, 1.165) is 28.6 Å². The Bertz CT molecular complexity index is 748. The van der Waals surface area contributed by atoms with Crippen LogP contribution in [0.2, 0.25) is 0 Å². The van der Waals surface area contributed by atoms with Gasteiger partial charge in [-0.25, -0.2) is 4.68 Å². The van der Waals surface area contributed by atoms with E-state index >= 15 is 0 Å². The third-order valence-corrected chi connectivity index (χ3v) is 4.08. The largest absolute Gasteiger partial charge is 0.248 e. The van der Waals surface area contributed by atoms with Crippen LogP contribution in [0.1, 0.15) is 29.0 Å². The van der Waals surface area contributed by atoms with Crippen molar-refractivity contribution in [2.45, 2.75) is 18.7 Å². The van der Waals surface area contributed by atoms with E-state index in [1.54, 1.807) is 4.68 Å². The Morgan fingerprint density at radius 3 is 2.75 bits per heavy atom. The zero-order valence-electron chi connectivity index (χ0n) is 11.5. The van der Waals surface area contributed by atoms with E-state index in [9.17, 15) is 0 Å². The summed E-state index contributed by atoms with van der Waals surface area (Å²) in [5.74, 6) is 0. The highest BCUT2D eigenvalue weighted by Gasteiger charge is 2.13. The van der Waals surface area contributed by atoms with Crippen LogP contribution in [0, 0.1) is 0 Å². The SMILES string of the molecule is CCc1cccc(C(Cl)c2ccc3c(c2)nnn3C)c1. The van der Waals surface area contributed by atoms with E-state index in [2.05, 4.69) is 41.5 Å². The Hall–Kier alpha value is -1.87. The molecule has 0 radical (unpaired) electrons. The van der Waals surface area contributed by atoms with Crippen molar-refractivity contribution >= 4 is 22.6 Å². The highest BCUT2D eigenvalue weighted by Crippen LogP contribution is 2.30. The van der Waals surface area contributed by atoms with Crippen LogP contribution in [-0.2, 0) is 13.5 Å². The summed E-state index contributed by atoms with van der Waals surface area (Å²) in [5, 5.41) is 8.00.